The first-order valence-corrected chi connectivity index (χ1v) is 7.60. The Labute approximate surface area is 126 Å². The van der Waals surface area contributed by atoms with Gasteiger partial charge in [-0.2, -0.15) is 0 Å². The first-order chi connectivity index (χ1) is 10.2. The Hall–Kier alpha value is -1.94. The molecule has 0 saturated carbocycles. The summed E-state index contributed by atoms with van der Waals surface area (Å²) in [5.74, 6) is 2.31. The third kappa shape index (κ3) is 3.22. The number of aromatic nitrogens is 2. The summed E-state index contributed by atoms with van der Waals surface area (Å²) in [6, 6.07) is 10.6. The predicted octanol–water partition coefficient (Wildman–Crippen LogP) is 2.65. The van der Waals surface area contributed by atoms with Gasteiger partial charge in [0.05, 0.1) is 5.69 Å². The number of hydrogen-bond donors (Lipinski definition) is 2. The monoisotopic (exact) mass is 282 g/mol. The number of benzene rings is 1. The fourth-order valence-electron chi connectivity index (χ4n) is 2.78. The second-order valence-corrected chi connectivity index (χ2v) is 5.66. The second-order valence-electron chi connectivity index (χ2n) is 5.66. The van der Waals surface area contributed by atoms with E-state index in [1.165, 1.54) is 11.1 Å². The molecule has 0 unspecified atom stereocenters. The van der Waals surface area contributed by atoms with Crippen LogP contribution >= 0.6 is 0 Å². The van der Waals surface area contributed by atoms with E-state index < -0.39 is 0 Å². The predicted molar refractivity (Wildman–Crippen MR) is 85.5 cm³/mol. The van der Waals surface area contributed by atoms with E-state index in [-0.39, 0.29) is 0 Å². The van der Waals surface area contributed by atoms with Gasteiger partial charge >= 0.3 is 0 Å². The van der Waals surface area contributed by atoms with E-state index in [1.54, 1.807) is 0 Å². The number of rotatable bonds is 4. The molecule has 0 saturated heterocycles. The molecule has 1 aliphatic rings. The number of nitrogens with one attached hydrogen (secondary N) is 2. The molecule has 0 bridgehead atoms. The summed E-state index contributed by atoms with van der Waals surface area (Å²) >= 11 is 0. The van der Waals surface area contributed by atoms with Gasteiger partial charge in [-0.05, 0) is 31.4 Å². The number of anilines is 1. The molecule has 0 radical (unpaired) electrons. The van der Waals surface area contributed by atoms with Gasteiger partial charge in [0.15, 0.2) is 0 Å². The maximum Gasteiger partial charge on any atom is 0.133 e. The topological polar surface area (TPSA) is 49.8 Å². The lowest BCUT2D eigenvalue weighted by molar-refractivity contribution is 0.620. The summed E-state index contributed by atoms with van der Waals surface area (Å²) < 4.78 is 0. The van der Waals surface area contributed by atoms with Crippen molar-refractivity contribution in [2.45, 2.75) is 32.7 Å². The van der Waals surface area contributed by atoms with Gasteiger partial charge < -0.3 is 10.6 Å². The smallest absolute Gasteiger partial charge is 0.133 e. The summed E-state index contributed by atoms with van der Waals surface area (Å²) in [6.07, 6.45) is 0.998. The van der Waals surface area contributed by atoms with Crippen LogP contribution in [0.15, 0.2) is 30.3 Å². The molecule has 2 heterocycles. The van der Waals surface area contributed by atoms with Crippen LogP contribution in [0.1, 0.15) is 35.5 Å². The van der Waals surface area contributed by atoms with Gasteiger partial charge in [-0.1, -0.05) is 37.3 Å². The molecule has 2 aromatic rings. The normalized spacial score (nSPS) is 15.3. The molecule has 1 aromatic heterocycles. The van der Waals surface area contributed by atoms with E-state index in [9.17, 15) is 0 Å². The molecule has 1 aliphatic heterocycles. The van der Waals surface area contributed by atoms with E-state index in [0.29, 0.717) is 5.92 Å². The van der Waals surface area contributed by atoms with Crippen molar-refractivity contribution < 1.29 is 0 Å². The summed E-state index contributed by atoms with van der Waals surface area (Å²) in [5, 5.41) is 6.90. The molecule has 0 amide bonds. The summed E-state index contributed by atoms with van der Waals surface area (Å²) in [5.41, 5.74) is 3.77. The summed E-state index contributed by atoms with van der Waals surface area (Å²) in [4.78, 5) is 9.15. The third-order valence-corrected chi connectivity index (χ3v) is 3.99. The lowest BCUT2D eigenvalue weighted by Crippen LogP contribution is -2.27. The summed E-state index contributed by atoms with van der Waals surface area (Å²) in [7, 11) is 0. The Kier molecular flexibility index (Phi) is 4.15. The number of aryl methyl sites for hydroxylation is 1. The molecule has 21 heavy (non-hydrogen) atoms. The standard InChI is InChI=1S/C17H22N4/c1-12(14-6-4-3-5-7-14)10-19-17-15-8-9-18-11-16(15)20-13(2)21-17/h3-7,12,18H,8-11H2,1-2H3,(H,19,20,21)/t12-/m0/s1. The Morgan fingerprint density at radius 1 is 1.24 bits per heavy atom. The molecular weight excluding hydrogens is 260 g/mol. The Bertz CT molecular complexity index is 610. The lowest BCUT2D eigenvalue weighted by Gasteiger charge is -2.21. The maximum absolute atomic E-state index is 4.60. The fraction of sp³-hybridized carbons (Fsp3) is 0.412. The minimum atomic E-state index is 0.457. The third-order valence-electron chi connectivity index (χ3n) is 3.99. The quantitative estimate of drug-likeness (QED) is 0.905. The highest BCUT2D eigenvalue weighted by molar-refractivity contribution is 5.48. The average molecular weight is 282 g/mol. The molecule has 0 aliphatic carbocycles. The van der Waals surface area contributed by atoms with Gasteiger partial charge in [-0.25, -0.2) is 9.97 Å². The van der Waals surface area contributed by atoms with E-state index in [1.807, 2.05) is 6.92 Å². The highest BCUT2D eigenvalue weighted by Crippen LogP contribution is 2.22. The molecular formula is C17H22N4. The Balaban J connectivity index is 1.75. The maximum atomic E-state index is 4.60. The van der Waals surface area contributed by atoms with Crippen LogP contribution in [0.4, 0.5) is 5.82 Å². The molecule has 0 fully saturated rings. The molecule has 1 aromatic carbocycles. The fourth-order valence-corrected chi connectivity index (χ4v) is 2.78. The van der Waals surface area contributed by atoms with Crippen molar-refractivity contribution in [2.75, 3.05) is 18.4 Å². The zero-order chi connectivity index (χ0) is 14.7. The zero-order valence-electron chi connectivity index (χ0n) is 12.7. The molecule has 3 rings (SSSR count). The van der Waals surface area contributed by atoms with Gasteiger partial charge in [0.25, 0.3) is 0 Å². The summed E-state index contributed by atoms with van der Waals surface area (Å²) in [6.45, 7) is 6.94. The first kappa shape index (κ1) is 14.0. The molecule has 0 spiro atoms. The second kappa shape index (κ2) is 6.22. The molecule has 4 heteroatoms. The largest absolute Gasteiger partial charge is 0.369 e. The highest BCUT2D eigenvalue weighted by Gasteiger charge is 2.16. The van der Waals surface area contributed by atoms with Crippen LogP contribution in [-0.4, -0.2) is 23.1 Å². The number of fused-ring (bicyclic) bond motifs is 1. The van der Waals surface area contributed by atoms with Crippen LogP contribution in [-0.2, 0) is 13.0 Å². The van der Waals surface area contributed by atoms with Gasteiger partial charge in [0.2, 0.25) is 0 Å². The van der Waals surface area contributed by atoms with Crippen molar-refractivity contribution in [1.29, 1.82) is 0 Å². The van der Waals surface area contributed by atoms with E-state index >= 15 is 0 Å². The van der Waals surface area contributed by atoms with E-state index in [0.717, 1.165) is 43.4 Å². The van der Waals surface area contributed by atoms with Crippen molar-refractivity contribution in [3.63, 3.8) is 0 Å². The van der Waals surface area contributed by atoms with Crippen molar-refractivity contribution >= 4 is 5.82 Å². The van der Waals surface area contributed by atoms with Crippen molar-refractivity contribution in [2.24, 2.45) is 0 Å². The van der Waals surface area contributed by atoms with E-state index in [2.05, 4.69) is 57.9 Å². The molecule has 4 nitrogen and oxygen atoms in total. The van der Waals surface area contributed by atoms with Gasteiger partial charge in [0, 0.05) is 18.7 Å². The van der Waals surface area contributed by atoms with Crippen molar-refractivity contribution in [1.82, 2.24) is 15.3 Å². The first-order valence-electron chi connectivity index (χ1n) is 7.60. The number of nitrogens with zero attached hydrogens (tertiary/aromatic N) is 2. The average Bonchev–Trinajstić information content (AvgIpc) is 2.53. The van der Waals surface area contributed by atoms with Crippen LogP contribution < -0.4 is 10.6 Å². The Morgan fingerprint density at radius 3 is 2.86 bits per heavy atom. The number of hydrogen-bond acceptors (Lipinski definition) is 4. The van der Waals surface area contributed by atoms with Gasteiger partial charge in [-0.3, -0.25) is 0 Å². The Morgan fingerprint density at radius 2 is 2.05 bits per heavy atom. The van der Waals surface area contributed by atoms with Crippen LogP contribution in [0.3, 0.4) is 0 Å². The SMILES string of the molecule is Cc1nc2c(c(NC[C@H](C)c3ccccc3)n1)CCNC2. The molecule has 2 N–H and O–H groups in total. The van der Waals surface area contributed by atoms with Crippen LogP contribution in [0.5, 0.6) is 0 Å². The van der Waals surface area contributed by atoms with E-state index in [4.69, 9.17) is 0 Å². The zero-order valence-corrected chi connectivity index (χ0v) is 12.7. The lowest BCUT2D eigenvalue weighted by atomic mass is 10.0. The minimum absolute atomic E-state index is 0.457. The molecule has 110 valence electrons. The highest BCUT2D eigenvalue weighted by atomic mass is 15.1. The van der Waals surface area contributed by atoms with Crippen LogP contribution in [0, 0.1) is 6.92 Å². The van der Waals surface area contributed by atoms with Crippen LogP contribution in [0.25, 0.3) is 0 Å². The molecule has 1 atom stereocenters. The van der Waals surface area contributed by atoms with Gasteiger partial charge in [0.1, 0.15) is 11.6 Å². The van der Waals surface area contributed by atoms with Crippen molar-refractivity contribution in [3.05, 3.63) is 53.0 Å². The van der Waals surface area contributed by atoms with Crippen molar-refractivity contribution in [3.8, 4) is 0 Å². The minimum Gasteiger partial charge on any atom is -0.369 e. The van der Waals surface area contributed by atoms with Crippen LogP contribution in [0.2, 0.25) is 0 Å². The van der Waals surface area contributed by atoms with Gasteiger partial charge in [-0.15, -0.1) is 0 Å².